The minimum atomic E-state index is 0.330. The summed E-state index contributed by atoms with van der Waals surface area (Å²) in [6.45, 7) is 3.69. The molecule has 82 valence electrons. The van der Waals surface area contributed by atoms with Crippen molar-refractivity contribution in [1.82, 2.24) is 0 Å². The van der Waals surface area contributed by atoms with E-state index < -0.39 is 0 Å². The van der Waals surface area contributed by atoms with Gasteiger partial charge in [-0.05, 0) is 30.2 Å². The SMILES string of the molecule is CC(CN)c1cc2c(cc1Br)COCO2. The third kappa shape index (κ3) is 2.17. The molecule has 4 heteroatoms. The zero-order valence-electron chi connectivity index (χ0n) is 8.63. The Balaban J connectivity index is 2.40. The van der Waals surface area contributed by atoms with Gasteiger partial charge in [0.25, 0.3) is 0 Å². The largest absolute Gasteiger partial charge is 0.467 e. The van der Waals surface area contributed by atoms with Crippen molar-refractivity contribution in [3.05, 3.63) is 27.7 Å². The fraction of sp³-hybridized carbons (Fsp3) is 0.455. The van der Waals surface area contributed by atoms with Gasteiger partial charge in [-0.1, -0.05) is 22.9 Å². The maximum Gasteiger partial charge on any atom is 0.189 e. The topological polar surface area (TPSA) is 44.5 Å². The van der Waals surface area contributed by atoms with Gasteiger partial charge in [-0.15, -0.1) is 0 Å². The molecule has 0 aromatic heterocycles. The number of benzene rings is 1. The van der Waals surface area contributed by atoms with Crippen molar-refractivity contribution < 1.29 is 9.47 Å². The molecule has 0 fully saturated rings. The molecule has 1 aliphatic heterocycles. The van der Waals surface area contributed by atoms with Crippen LogP contribution in [0.4, 0.5) is 0 Å². The molecule has 0 saturated carbocycles. The standard InChI is InChI=1S/C11H14BrNO2/c1-7(4-13)9-3-11-8(2-10(9)12)5-14-6-15-11/h2-3,7H,4-6,13H2,1H3. The van der Waals surface area contributed by atoms with Crippen LogP contribution in [0.25, 0.3) is 0 Å². The van der Waals surface area contributed by atoms with Crippen molar-refractivity contribution in [3.8, 4) is 5.75 Å². The Hall–Kier alpha value is -0.580. The van der Waals surface area contributed by atoms with Crippen LogP contribution in [0, 0.1) is 0 Å². The van der Waals surface area contributed by atoms with Crippen molar-refractivity contribution >= 4 is 15.9 Å². The molecule has 0 saturated heterocycles. The van der Waals surface area contributed by atoms with Crippen molar-refractivity contribution in [2.45, 2.75) is 19.4 Å². The van der Waals surface area contributed by atoms with Crippen LogP contribution >= 0.6 is 15.9 Å². The molecular formula is C11H14BrNO2. The summed E-state index contributed by atoms with van der Waals surface area (Å²) in [4.78, 5) is 0. The lowest BCUT2D eigenvalue weighted by molar-refractivity contribution is -0.0164. The number of fused-ring (bicyclic) bond motifs is 1. The van der Waals surface area contributed by atoms with Gasteiger partial charge in [-0.3, -0.25) is 0 Å². The van der Waals surface area contributed by atoms with Crippen molar-refractivity contribution in [3.63, 3.8) is 0 Å². The quantitative estimate of drug-likeness (QED) is 0.899. The third-order valence-corrected chi connectivity index (χ3v) is 3.31. The molecule has 1 aromatic carbocycles. The molecule has 2 N–H and O–H groups in total. The summed E-state index contributed by atoms with van der Waals surface area (Å²) in [5, 5.41) is 0. The van der Waals surface area contributed by atoms with Gasteiger partial charge >= 0.3 is 0 Å². The van der Waals surface area contributed by atoms with Crippen molar-refractivity contribution in [1.29, 1.82) is 0 Å². The zero-order valence-corrected chi connectivity index (χ0v) is 10.2. The maximum atomic E-state index is 5.66. The molecule has 1 unspecified atom stereocenters. The first-order chi connectivity index (χ1) is 7.22. The lowest BCUT2D eigenvalue weighted by Crippen LogP contribution is -2.14. The number of halogens is 1. The van der Waals surface area contributed by atoms with E-state index in [2.05, 4.69) is 35.0 Å². The second kappa shape index (κ2) is 4.51. The van der Waals surface area contributed by atoms with Crippen LogP contribution in [0.3, 0.4) is 0 Å². The highest BCUT2D eigenvalue weighted by Crippen LogP contribution is 2.33. The summed E-state index contributed by atoms with van der Waals surface area (Å²) >= 11 is 3.55. The first kappa shape index (κ1) is 10.9. The molecule has 1 atom stereocenters. The maximum absolute atomic E-state index is 5.66. The van der Waals surface area contributed by atoms with Crippen molar-refractivity contribution in [2.75, 3.05) is 13.3 Å². The normalized spacial score (nSPS) is 16.7. The zero-order chi connectivity index (χ0) is 10.8. The van der Waals surface area contributed by atoms with E-state index in [4.69, 9.17) is 15.2 Å². The highest BCUT2D eigenvalue weighted by molar-refractivity contribution is 9.10. The molecular weight excluding hydrogens is 258 g/mol. The van der Waals surface area contributed by atoms with E-state index in [1.807, 2.05) is 0 Å². The number of hydrogen-bond donors (Lipinski definition) is 1. The number of ether oxygens (including phenoxy) is 2. The van der Waals surface area contributed by atoms with E-state index in [0.717, 1.165) is 15.8 Å². The van der Waals surface area contributed by atoms with Gasteiger partial charge in [0.1, 0.15) is 5.75 Å². The predicted molar refractivity (Wildman–Crippen MR) is 61.9 cm³/mol. The number of hydrogen-bond acceptors (Lipinski definition) is 3. The first-order valence-corrected chi connectivity index (χ1v) is 5.74. The minimum Gasteiger partial charge on any atom is -0.467 e. The van der Waals surface area contributed by atoms with Crippen LogP contribution in [-0.2, 0) is 11.3 Å². The Morgan fingerprint density at radius 2 is 2.33 bits per heavy atom. The molecule has 2 rings (SSSR count). The highest BCUT2D eigenvalue weighted by Gasteiger charge is 2.16. The fourth-order valence-corrected chi connectivity index (χ4v) is 2.40. The van der Waals surface area contributed by atoms with Gasteiger partial charge in [0.05, 0.1) is 6.61 Å². The van der Waals surface area contributed by atoms with Crippen LogP contribution in [0.2, 0.25) is 0 Å². The van der Waals surface area contributed by atoms with E-state index >= 15 is 0 Å². The molecule has 3 nitrogen and oxygen atoms in total. The van der Waals surface area contributed by atoms with Gasteiger partial charge in [0, 0.05) is 10.0 Å². The van der Waals surface area contributed by atoms with Gasteiger partial charge in [0.15, 0.2) is 6.79 Å². The molecule has 0 bridgehead atoms. The van der Waals surface area contributed by atoms with Crippen LogP contribution in [0.15, 0.2) is 16.6 Å². The van der Waals surface area contributed by atoms with E-state index in [1.54, 1.807) is 0 Å². The second-order valence-corrected chi connectivity index (χ2v) is 4.58. The second-order valence-electron chi connectivity index (χ2n) is 3.73. The Morgan fingerprint density at radius 3 is 3.07 bits per heavy atom. The number of nitrogens with two attached hydrogens (primary N) is 1. The van der Waals surface area contributed by atoms with E-state index in [9.17, 15) is 0 Å². The molecule has 0 amide bonds. The number of rotatable bonds is 2. The van der Waals surface area contributed by atoms with E-state index in [1.165, 1.54) is 5.56 Å². The molecule has 0 aliphatic carbocycles. The molecule has 0 spiro atoms. The summed E-state index contributed by atoms with van der Waals surface area (Å²) in [6.07, 6.45) is 0. The van der Waals surface area contributed by atoms with Gasteiger partial charge in [-0.2, -0.15) is 0 Å². The summed E-state index contributed by atoms with van der Waals surface area (Å²) in [7, 11) is 0. The minimum absolute atomic E-state index is 0.330. The Labute approximate surface area is 97.7 Å². The lowest BCUT2D eigenvalue weighted by Gasteiger charge is -2.21. The average molecular weight is 272 g/mol. The Bertz CT molecular complexity index is 368. The molecule has 1 aromatic rings. The van der Waals surface area contributed by atoms with E-state index in [0.29, 0.717) is 25.9 Å². The summed E-state index contributed by atoms with van der Waals surface area (Å²) in [5.41, 5.74) is 7.94. The summed E-state index contributed by atoms with van der Waals surface area (Å²) < 4.78 is 11.7. The van der Waals surface area contributed by atoms with Gasteiger partial charge < -0.3 is 15.2 Å². The predicted octanol–water partition coefficient (Wildman–Crippen LogP) is 2.38. The lowest BCUT2D eigenvalue weighted by atomic mass is 9.99. The van der Waals surface area contributed by atoms with Crippen molar-refractivity contribution in [2.24, 2.45) is 5.73 Å². The van der Waals surface area contributed by atoms with Gasteiger partial charge in [-0.25, -0.2) is 0 Å². The monoisotopic (exact) mass is 271 g/mol. The molecule has 1 heterocycles. The molecule has 15 heavy (non-hydrogen) atoms. The fourth-order valence-electron chi connectivity index (χ4n) is 1.62. The third-order valence-electron chi connectivity index (χ3n) is 2.62. The first-order valence-electron chi connectivity index (χ1n) is 4.95. The molecule has 1 aliphatic rings. The van der Waals surface area contributed by atoms with Crippen LogP contribution < -0.4 is 10.5 Å². The van der Waals surface area contributed by atoms with Gasteiger partial charge in [0.2, 0.25) is 0 Å². The van der Waals surface area contributed by atoms with Crippen LogP contribution in [0.5, 0.6) is 5.75 Å². The summed E-state index contributed by atoms with van der Waals surface area (Å²) in [5.74, 6) is 1.25. The Morgan fingerprint density at radius 1 is 1.53 bits per heavy atom. The van der Waals surface area contributed by atoms with Crippen LogP contribution in [-0.4, -0.2) is 13.3 Å². The molecule has 0 radical (unpaired) electrons. The summed E-state index contributed by atoms with van der Waals surface area (Å²) in [6, 6.07) is 4.11. The van der Waals surface area contributed by atoms with E-state index in [-0.39, 0.29) is 0 Å². The highest BCUT2D eigenvalue weighted by atomic mass is 79.9. The smallest absolute Gasteiger partial charge is 0.189 e. The average Bonchev–Trinajstić information content (AvgIpc) is 2.27. The van der Waals surface area contributed by atoms with Crippen LogP contribution in [0.1, 0.15) is 24.0 Å². The Kier molecular flexibility index (Phi) is 3.29.